The Bertz CT molecular complexity index is 521. The van der Waals surface area contributed by atoms with Crippen LogP contribution in [0.3, 0.4) is 0 Å². The first kappa shape index (κ1) is 16.9. The molecular formula is C15H21BrO4S. The van der Waals surface area contributed by atoms with Crippen molar-refractivity contribution in [3.63, 3.8) is 0 Å². The van der Waals surface area contributed by atoms with Crippen LogP contribution in [-0.4, -0.2) is 39.0 Å². The van der Waals surface area contributed by atoms with E-state index in [4.69, 9.17) is 9.47 Å². The molecule has 1 aromatic rings. The Morgan fingerprint density at radius 1 is 1.24 bits per heavy atom. The summed E-state index contributed by atoms with van der Waals surface area (Å²) in [6, 6.07) is 7.06. The van der Waals surface area contributed by atoms with Crippen molar-refractivity contribution in [1.29, 1.82) is 0 Å². The van der Waals surface area contributed by atoms with Crippen LogP contribution in [-0.2, 0) is 25.7 Å². The van der Waals surface area contributed by atoms with Crippen LogP contribution in [0.1, 0.15) is 24.8 Å². The topological polar surface area (TPSA) is 52.6 Å². The van der Waals surface area contributed by atoms with Crippen molar-refractivity contribution in [3.05, 3.63) is 29.8 Å². The summed E-state index contributed by atoms with van der Waals surface area (Å²) >= 11 is 3.37. The van der Waals surface area contributed by atoms with E-state index >= 15 is 0 Å². The Hall–Kier alpha value is -0.430. The van der Waals surface area contributed by atoms with Gasteiger partial charge < -0.3 is 9.47 Å². The van der Waals surface area contributed by atoms with E-state index in [1.807, 2.05) is 12.1 Å². The molecule has 0 spiro atoms. The van der Waals surface area contributed by atoms with E-state index in [9.17, 15) is 8.42 Å². The molecule has 0 radical (unpaired) electrons. The van der Waals surface area contributed by atoms with Gasteiger partial charge in [0.05, 0.1) is 17.3 Å². The zero-order chi connectivity index (χ0) is 15.1. The summed E-state index contributed by atoms with van der Waals surface area (Å²) in [5.74, 6) is -0.00927. The number of benzene rings is 1. The fraction of sp³-hybridized carbons (Fsp3) is 0.600. The lowest BCUT2D eigenvalue weighted by Crippen LogP contribution is -2.25. The minimum Gasteiger partial charge on any atom is -0.353 e. The zero-order valence-corrected chi connectivity index (χ0v) is 14.4. The number of aryl methyl sites for hydroxylation is 1. The van der Waals surface area contributed by atoms with Gasteiger partial charge in [0, 0.05) is 11.9 Å². The van der Waals surface area contributed by atoms with Gasteiger partial charge in [0.1, 0.15) is 0 Å². The third-order valence-corrected chi connectivity index (χ3v) is 5.55. The molecule has 1 saturated heterocycles. The maximum Gasteiger partial charge on any atom is 0.180 e. The highest BCUT2D eigenvalue weighted by atomic mass is 79.9. The van der Waals surface area contributed by atoms with Gasteiger partial charge in [-0.1, -0.05) is 28.1 Å². The Balaban J connectivity index is 1.85. The predicted octanol–water partition coefficient (Wildman–Crippen LogP) is 2.94. The van der Waals surface area contributed by atoms with Gasteiger partial charge in [0.15, 0.2) is 16.1 Å². The maximum atomic E-state index is 12.2. The van der Waals surface area contributed by atoms with Crippen molar-refractivity contribution >= 4 is 25.8 Å². The summed E-state index contributed by atoms with van der Waals surface area (Å²) in [6.45, 7) is 0.878. The first-order valence-electron chi connectivity index (χ1n) is 7.23. The molecule has 1 unspecified atom stereocenters. The number of hydrogen-bond donors (Lipinski definition) is 0. The van der Waals surface area contributed by atoms with Crippen molar-refractivity contribution in [3.8, 4) is 0 Å². The quantitative estimate of drug-likeness (QED) is 0.686. The predicted molar refractivity (Wildman–Crippen MR) is 85.5 cm³/mol. The zero-order valence-electron chi connectivity index (χ0n) is 12.0. The van der Waals surface area contributed by atoms with Gasteiger partial charge in [-0.05, 0) is 43.4 Å². The molecule has 1 aliphatic rings. The van der Waals surface area contributed by atoms with Crippen LogP contribution in [0.25, 0.3) is 0 Å². The monoisotopic (exact) mass is 376 g/mol. The van der Waals surface area contributed by atoms with Gasteiger partial charge in [-0.15, -0.1) is 0 Å². The van der Waals surface area contributed by atoms with Gasteiger partial charge in [-0.25, -0.2) is 8.42 Å². The van der Waals surface area contributed by atoms with E-state index < -0.39 is 9.84 Å². The first-order chi connectivity index (χ1) is 10.1. The molecule has 0 N–H and O–H groups in total. The van der Waals surface area contributed by atoms with Gasteiger partial charge in [-0.2, -0.15) is 0 Å². The molecule has 118 valence electrons. The van der Waals surface area contributed by atoms with E-state index in [0.29, 0.717) is 11.5 Å². The van der Waals surface area contributed by atoms with E-state index in [2.05, 4.69) is 15.9 Å². The summed E-state index contributed by atoms with van der Waals surface area (Å²) in [5.41, 5.74) is 1.12. The molecule has 1 fully saturated rings. The summed E-state index contributed by atoms with van der Waals surface area (Å²) in [5, 5.41) is 0.869. The fourth-order valence-corrected chi connectivity index (χ4v) is 3.78. The molecule has 0 saturated carbocycles. The lowest BCUT2D eigenvalue weighted by Gasteiger charge is -2.22. The van der Waals surface area contributed by atoms with Crippen LogP contribution in [0, 0.1) is 0 Å². The fourth-order valence-electron chi connectivity index (χ4n) is 2.22. The van der Waals surface area contributed by atoms with Gasteiger partial charge >= 0.3 is 0 Å². The molecular weight excluding hydrogens is 356 g/mol. The van der Waals surface area contributed by atoms with Crippen molar-refractivity contribution < 1.29 is 17.9 Å². The molecule has 4 nitrogen and oxygen atoms in total. The molecule has 0 bridgehead atoms. The third kappa shape index (κ3) is 5.36. The Labute approximate surface area is 134 Å². The third-order valence-electron chi connectivity index (χ3n) is 3.46. The van der Waals surface area contributed by atoms with Crippen LogP contribution in [0.15, 0.2) is 29.2 Å². The molecule has 0 aromatic heterocycles. The number of ether oxygens (including phenoxy) is 2. The van der Waals surface area contributed by atoms with Crippen LogP contribution in [0.5, 0.6) is 0 Å². The molecule has 1 atom stereocenters. The second kappa shape index (κ2) is 8.27. The maximum absolute atomic E-state index is 12.2. The van der Waals surface area contributed by atoms with Crippen LogP contribution < -0.4 is 0 Å². The minimum atomic E-state index is -3.29. The summed E-state index contributed by atoms with van der Waals surface area (Å²) in [7, 11) is -3.29. The van der Waals surface area contributed by atoms with Crippen LogP contribution >= 0.6 is 15.9 Å². The standard InChI is InChI=1S/C15H21BrO4S/c16-9-8-13-4-6-14(7-5-13)21(17,18)12-11-20-15-3-1-2-10-19-15/h4-7,15H,1-3,8-12H2. The van der Waals surface area contributed by atoms with Crippen LogP contribution in [0.2, 0.25) is 0 Å². The van der Waals surface area contributed by atoms with Gasteiger partial charge in [0.25, 0.3) is 0 Å². The Morgan fingerprint density at radius 2 is 2.00 bits per heavy atom. The second-order valence-corrected chi connectivity index (χ2v) is 7.97. The van der Waals surface area contributed by atoms with E-state index in [-0.39, 0.29) is 18.6 Å². The average Bonchev–Trinajstić information content (AvgIpc) is 2.49. The number of rotatable bonds is 7. The molecule has 1 aliphatic heterocycles. The molecule has 6 heteroatoms. The first-order valence-corrected chi connectivity index (χ1v) is 10.00. The average molecular weight is 377 g/mol. The number of alkyl halides is 1. The lowest BCUT2D eigenvalue weighted by atomic mass is 10.2. The second-order valence-electron chi connectivity index (χ2n) is 5.07. The normalized spacial score (nSPS) is 19.6. The minimum absolute atomic E-state index is 0.00927. The number of sulfone groups is 1. The molecule has 21 heavy (non-hydrogen) atoms. The Morgan fingerprint density at radius 3 is 2.62 bits per heavy atom. The van der Waals surface area contributed by atoms with Gasteiger partial charge in [-0.3, -0.25) is 0 Å². The van der Waals surface area contributed by atoms with Crippen molar-refractivity contribution in [1.82, 2.24) is 0 Å². The van der Waals surface area contributed by atoms with E-state index in [1.165, 1.54) is 0 Å². The van der Waals surface area contributed by atoms with Crippen molar-refractivity contribution in [2.75, 3.05) is 24.3 Å². The Kier molecular flexibility index (Phi) is 6.67. The summed E-state index contributed by atoms with van der Waals surface area (Å²) in [4.78, 5) is 0.356. The summed E-state index contributed by atoms with van der Waals surface area (Å²) in [6.07, 6.45) is 3.63. The summed E-state index contributed by atoms with van der Waals surface area (Å²) < 4.78 is 35.3. The van der Waals surface area contributed by atoms with Crippen molar-refractivity contribution in [2.45, 2.75) is 36.9 Å². The molecule has 0 amide bonds. The van der Waals surface area contributed by atoms with E-state index in [1.54, 1.807) is 12.1 Å². The molecule has 0 aliphatic carbocycles. The highest BCUT2D eigenvalue weighted by Gasteiger charge is 2.18. The number of halogens is 1. The molecule has 1 heterocycles. The van der Waals surface area contributed by atoms with Gasteiger partial charge in [0.2, 0.25) is 0 Å². The van der Waals surface area contributed by atoms with E-state index in [0.717, 1.165) is 36.6 Å². The number of hydrogen-bond acceptors (Lipinski definition) is 4. The molecule has 1 aromatic carbocycles. The largest absolute Gasteiger partial charge is 0.353 e. The smallest absolute Gasteiger partial charge is 0.180 e. The highest BCUT2D eigenvalue weighted by molar-refractivity contribution is 9.09. The molecule has 2 rings (SSSR count). The SMILES string of the molecule is O=S(=O)(CCOC1CCCCO1)c1ccc(CCBr)cc1. The lowest BCUT2D eigenvalue weighted by molar-refractivity contribution is -0.158. The van der Waals surface area contributed by atoms with Crippen LogP contribution in [0.4, 0.5) is 0 Å². The highest BCUT2D eigenvalue weighted by Crippen LogP contribution is 2.16. The van der Waals surface area contributed by atoms with Crippen molar-refractivity contribution in [2.24, 2.45) is 0 Å².